The number of fused-ring (bicyclic) bond motifs is 2. The fourth-order valence-electron chi connectivity index (χ4n) is 6.10. The highest BCUT2D eigenvalue weighted by molar-refractivity contribution is 5.93. The Morgan fingerprint density at radius 2 is 1.97 bits per heavy atom. The number of hydrogen-bond donors (Lipinski definition) is 2. The van der Waals surface area contributed by atoms with Gasteiger partial charge in [-0.1, -0.05) is 60.7 Å². The summed E-state index contributed by atoms with van der Waals surface area (Å²) in [5, 5.41) is 4.36. The maximum Gasteiger partial charge on any atom is 0.230 e. The van der Waals surface area contributed by atoms with Crippen LogP contribution in [-0.4, -0.2) is 52.5 Å². The summed E-state index contributed by atoms with van der Waals surface area (Å²) >= 11 is 0. The fourth-order valence-corrected chi connectivity index (χ4v) is 6.10. The number of aryl methyl sites for hydroxylation is 1. The number of aromatic amines is 1. The molecule has 2 aromatic carbocycles. The first kappa shape index (κ1) is 22.1. The minimum Gasteiger partial charge on any atom is -0.361 e. The second-order valence-corrected chi connectivity index (χ2v) is 10.2. The van der Waals surface area contributed by atoms with Gasteiger partial charge in [0.25, 0.3) is 0 Å². The molecule has 2 N–H and O–H groups in total. The molecule has 3 aliphatic heterocycles. The molecule has 6 heteroatoms. The predicted molar refractivity (Wildman–Crippen MR) is 135 cm³/mol. The maximum absolute atomic E-state index is 13.5. The number of H-pyrrole nitrogens is 1. The summed E-state index contributed by atoms with van der Waals surface area (Å²) in [4.78, 5) is 32.1. The largest absolute Gasteiger partial charge is 0.361 e. The summed E-state index contributed by atoms with van der Waals surface area (Å²) < 4.78 is 6.30. The van der Waals surface area contributed by atoms with Crippen LogP contribution in [-0.2, 0) is 27.2 Å². The molecule has 0 aliphatic carbocycles. The van der Waals surface area contributed by atoms with E-state index in [1.807, 2.05) is 60.5 Å². The molecule has 3 aliphatic rings. The third-order valence-corrected chi connectivity index (χ3v) is 7.90. The second-order valence-electron chi connectivity index (χ2n) is 10.2. The van der Waals surface area contributed by atoms with E-state index in [1.54, 1.807) is 0 Å². The van der Waals surface area contributed by atoms with E-state index < -0.39 is 17.4 Å². The first-order chi connectivity index (χ1) is 17.0. The van der Waals surface area contributed by atoms with Crippen molar-refractivity contribution >= 4 is 22.7 Å². The Hall–Kier alpha value is -3.38. The van der Waals surface area contributed by atoms with Crippen LogP contribution in [0, 0.1) is 11.8 Å². The predicted octanol–water partition coefficient (Wildman–Crippen LogP) is 3.63. The molecule has 2 amide bonds. The number of hydrogen-bond acceptors (Lipinski definition) is 3. The van der Waals surface area contributed by atoms with Crippen LogP contribution >= 0.6 is 0 Å². The molecule has 180 valence electrons. The molecule has 0 radical (unpaired) electrons. The highest BCUT2D eigenvalue weighted by Crippen LogP contribution is 2.51. The van der Waals surface area contributed by atoms with Crippen LogP contribution in [0.1, 0.15) is 24.5 Å². The highest BCUT2D eigenvalue weighted by atomic mass is 16.5. The number of ether oxygens (including phenoxy) is 1. The first-order valence-electron chi connectivity index (χ1n) is 12.6. The third kappa shape index (κ3) is 3.86. The quantitative estimate of drug-likeness (QED) is 0.495. The lowest BCUT2D eigenvalue weighted by Gasteiger charge is -2.25. The summed E-state index contributed by atoms with van der Waals surface area (Å²) in [5.74, 6) is -0.945. The van der Waals surface area contributed by atoms with Crippen LogP contribution in [0.3, 0.4) is 0 Å². The van der Waals surface area contributed by atoms with Crippen molar-refractivity contribution in [2.75, 3.05) is 13.1 Å². The Bertz CT molecular complexity index is 1280. The Morgan fingerprint density at radius 3 is 2.83 bits per heavy atom. The molecule has 2 bridgehead atoms. The number of para-hydroxylation sites is 1. The number of carbonyl (C=O) groups is 2. The zero-order valence-corrected chi connectivity index (χ0v) is 19.9. The van der Waals surface area contributed by atoms with Gasteiger partial charge in [0.15, 0.2) is 0 Å². The molecule has 2 saturated heterocycles. The van der Waals surface area contributed by atoms with E-state index >= 15 is 0 Å². The molecule has 1 aromatic heterocycles. The van der Waals surface area contributed by atoms with Crippen LogP contribution in [0.5, 0.6) is 0 Å². The average Bonchev–Trinajstić information content (AvgIpc) is 3.62. The van der Waals surface area contributed by atoms with Crippen molar-refractivity contribution in [1.82, 2.24) is 15.2 Å². The molecule has 35 heavy (non-hydrogen) atoms. The van der Waals surface area contributed by atoms with Crippen molar-refractivity contribution in [3.8, 4) is 0 Å². The number of aromatic nitrogens is 1. The number of likely N-dealkylation sites (tertiary alicyclic amines) is 1. The second kappa shape index (κ2) is 8.68. The number of nitrogens with zero attached hydrogens (tertiary/aromatic N) is 1. The number of amides is 2. The van der Waals surface area contributed by atoms with E-state index in [0.717, 1.165) is 24.8 Å². The van der Waals surface area contributed by atoms with E-state index in [0.29, 0.717) is 13.1 Å². The Morgan fingerprint density at radius 1 is 1.17 bits per heavy atom. The zero-order chi connectivity index (χ0) is 24.0. The Balaban J connectivity index is 1.11. The van der Waals surface area contributed by atoms with Crippen molar-refractivity contribution in [2.45, 2.75) is 43.9 Å². The fraction of sp³-hybridized carbons (Fsp3) is 0.379. The van der Waals surface area contributed by atoms with E-state index in [-0.39, 0.29) is 24.0 Å². The molecule has 4 heterocycles. The van der Waals surface area contributed by atoms with Crippen LogP contribution in [0.4, 0.5) is 0 Å². The van der Waals surface area contributed by atoms with Gasteiger partial charge in [0.05, 0.1) is 24.5 Å². The molecule has 2 fully saturated rings. The topological polar surface area (TPSA) is 74.4 Å². The van der Waals surface area contributed by atoms with Crippen LogP contribution in [0.15, 0.2) is 72.9 Å². The molecular weight excluding hydrogens is 438 g/mol. The van der Waals surface area contributed by atoms with Gasteiger partial charge in [-0.3, -0.25) is 9.59 Å². The van der Waals surface area contributed by atoms with E-state index in [4.69, 9.17) is 4.74 Å². The maximum atomic E-state index is 13.5. The van der Waals surface area contributed by atoms with Crippen molar-refractivity contribution in [2.24, 2.45) is 11.8 Å². The molecule has 6 nitrogen and oxygen atoms in total. The number of rotatable bonds is 8. The zero-order valence-electron chi connectivity index (χ0n) is 19.9. The van der Waals surface area contributed by atoms with E-state index in [9.17, 15) is 9.59 Å². The van der Waals surface area contributed by atoms with Crippen LogP contribution in [0.2, 0.25) is 0 Å². The van der Waals surface area contributed by atoms with Crippen molar-refractivity contribution in [3.05, 3.63) is 84.1 Å². The number of nitrogens with one attached hydrogen (secondary N) is 2. The monoisotopic (exact) mass is 469 g/mol. The van der Waals surface area contributed by atoms with Crippen molar-refractivity contribution < 1.29 is 14.3 Å². The Kier molecular flexibility index (Phi) is 5.49. The summed E-state index contributed by atoms with van der Waals surface area (Å²) in [7, 11) is 0. The van der Waals surface area contributed by atoms with Gasteiger partial charge in [0, 0.05) is 29.7 Å². The average molecular weight is 470 g/mol. The van der Waals surface area contributed by atoms with Gasteiger partial charge in [-0.25, -0.2) is 0 Å². The Labute approximate surface area is 205 Å². The molecule has 0 unspecified atom stereocenters. The van der Waals surface area contributed by atoms with Crippen LogP contribution < -0.4 is 5.32 Å². The van der Waals surface area contributed by atoms with Gasteiger partial charge in [0.1, 0.15) is 5.60 Å². The minimum absolute atomic E-state index is 0.0243. The molecular formula is C29H31N3O3. The smallest absolute Gasteiger partial charge is 0.230 e. The van der Waals surface area contributed by atoms with E-state index in [1.165, 1.54) is 16.5 Å². The summed E-state index contributed by atoms with van der Waals surface area (Å²) in [6.07, 6.45) is 8.23. The van der Waals surface area contributed by atoms with E-state index in [2.05, 4.69) is 34.6 Å². The minimum atomic E-state index is -0.669. The van der Waals surface area contributed by atoms with Gasteiger partial charge < -0.3 is 19.9 Å². The molecule has 5 atom stereocenters. The van der Waals surface area contributed by atoms with Crippen LogP contribution in [0.25, 0.3) is 10.9 Å². The lowest BCUT2D eigenvalue weighted by Crippen LogP contribution is -2.46. The van der Waals surface area contributed by atoms with Gasteiger partial charge in [-0.05, 0) is 43.4 Å². The normalized spacial score (nSPS) is 27.5. The van der Waals surface area contributed by atoms with Crippen molar-refractivity contribution in [3.63, 3.8) is 0 Å². The lowest BCUT2D eigenvalue weighted by molar-refractivity contribution is -0.137. The molecule has 3 aromatic rings. The summed E-state index contributed by atoms with van der Waals surface area (Å²) in [6, 6.07) is 18.5. The van der Waals surface area contributed by atoms with Gasteiger partial charge >= 0.3 is 0 Å². The lowest BCUT2D eigenvalue weighted by atomic mass is 9.76. The van der Waals surface area contributed by atoms with Gasteiger partial charge in [-0.2, -0.15) is 0 Å². The standard InChI is InChI=1S/C29H31N3O3/c1-19(11-12-20-7-3-2-4-8-20)31-27(33)25-24-13-15-29(35-24)18-32(28(34)26(25)29)16-14-21-17-30-23-10-6-5-9-22(21)23/h2-10,13,15,17,19,24-26,30H,11-12,14,16,18H2,1H3,(H,31,33)/t19-,24+,25+,26-,29+/m0/s1. The SMILES string of the molecule is C[C@@H](CCc1ccccc1)NC(=O)[C@H]1[C@H]2C(=O)N(CCc3c[nH]c4ccccc34)C[C@]23C=C[C@H]1O3. The highest BCUT2D eigenvalue weighted by Gasteiger charge is 2.66. The summed E-state index contributed by atoms with van der Waals surface area (Å²) in [6.45, 7) is 3.16. The van der Waals surface area contributed by atoms with Gasteiger partial charge in [0.2, 0.25) is 11.8 Å². The van der Waals surface area contributed by atoms with Crippen molar-refractivity contribution in [1.29, 1.82) is 0 Å². The number of benzene rings is 2. The molecule has 0 saturated carbocycles. The third-order valence-electron chi connectivity index (χ3n) is 7.90. The summed E-state index contributed by atoms with van der Waals surface area (Å²) in [5.41, 5.74) is 2.89. The number of carbonyl (C=O) groups excluding carboxylic acids is 2. The van der Waals surface area contributed by atoms with Gasteiger partial charge in [-0.15, -0.1) is 0 Å². The molecule has 1 spiro atoms. The molecule has 6 rings (SSSR count). The first-order valence-corrected chi connectivity index (χ1v) is 12.6.